The molecule has 0 atom stereocenters. The molecule has 98 valence electrons. The van der Waals surface area contributed by atoms with E-state index >= 15 is 0 Å². The number of nitriles is 1. The lowest BCUT2D eigenvalue weighted by Gasteiger charge is -2.09. The number of fused-ring (bicyclic) bond motifs is 1. The van der Waals surface area contributed by atoms with Crippen molar-refractivity contribution in [1.29, 1.82) is 5.26 Å². The van der Waals surface area contributed by atoms with Gasteiger partial charge in [-0.2, -0.15) is 15.0 Å². The molecule has 0 bridgehead atoms. The number of nitrogens with zero attached hydrogens (tertiary/aromatic N) is 4. The van der Waals surface area contributed by atoms with Crippen molar-refractivity contribution in [2.24, 2.45) is 0 Å². The van der Waals surface area contributed by atoms with Gasteiger partial charge in [0.05, 0.1) is 11.7 Å². The highest BCUT2D eigenvalue weighted by molar-refractivity contribution is 5.85. The average molecular weight is 263 g/mol. The van der Waals surface area contributed by atoms with E-state index in [0.717, 1.165) is 22.0 Å². The molecule has 5 nitrogen and oxygen atoms in total. The van der Waals surface area contributed by atoms with Gasteiger partial charge in [-0.1, -0.05) is 18.2 Å². The lowest BCUT2D eigenvalue weighted by Crippen LogP contribution is -2.05. The maximum absolute atomic E-state index is 8.95. The normalized spacial score (nSPS) is 10.7. The molecule has 0 unspecified atom stereocenters. The largest absolute Gasteiger partial charge is 0.382 e. The van der Waals surface area contributed by atoms with Crippen LogP contribution in [0.2, 0.25) is 0 Å². The van der Waals surface area contributed by atoms with E-state index in [9.17, 15) is 0 Å². The summed E-state index contributed by atoms with van der Waals surface area (Å²) >= 11 is 0. The Bertz CT molecular complexity index is 855. The molecule has 0 spiro atoms. The lowest BCUT2D eigenvalue weighted by atomic mass is 10.1. The van der Waals surface area contributed by atoms with Crippen LogP contribution in [-0.4, -0.2) is 14.8 Å². The molecule has 3 aromatic rings. The molecule has 1 aromatic carbocycles. The van der Waals surface area contributed by atoms with Crippen LogP contribution in [0.3, 0.4) is 0 Å². The molecule has 2 heterocycles. The van der Waals surface area contributed by atoms with Crippen LogP contribution < -0.4 is 5.73 Å². The third-order valence-corrected chi connectivity index (χ3v) is 3.38. The summed E-state index contributed by atoms with van der Waals surface area (Å²) in [5.41, 5.74) is 9.39. The highest BCUT2D eigenvalue weighted by Crippen LogP contribution is 2.23. The van der Waals surface area contributed by atoms with Crippen LogP contribution in [0.4, 0.5) is 5.82 Å². The summed E-state index contributed by atoms with van der Waals surface area (Å²) in [5, 5.41) is 14.2. The van der Waals surface area contributed by atoms with Gasteiger partial charge in [0, 0.05) is 5.39 Å². The molecule has 0 amide bonds. The smallest absolute Gasteiger partial charge is 0.156 e. The van der Waals surface area contributed by atoms with Gasteiger partial charge in [0.2, 0.25) is 0 Å². The number of para-hydroxylation sites is 1. The Morgan fingerprint density at radius 3 is 2.75 bits per heavy atom. The van der Waals surface area contributed by atoms with Crippen molar-refractivity contribution >= 4 is 16.7 Å². The fraction of sp³-hybridized carbons (Fsp3) is 0.133. The first kappa shape index (κ1) is 12.2. The van der Waals surface area contributed by atoms with Crippen LogP contribution in [0.5, 0.6) is 0 Å². The number of rotatable bonds is 1. The molecule has 20 heavy (non-hydrogen) atoms. The van der Waals surface area contributed by atoms with Gasteiger partial charge in [-0.25, -0.2) is 4.98 Å². The van der Waals surface area contributed by atoms with E-state index in [1.165, 1.54) is 10.9 Å². The first-order chi connectivity index (χ1) is 9.61. The number of aryl methyl sites for hydroxylation is 2. The molecule has 0 saturated heterocycles. The minimum atomic E-state index is 0.312. The molecule has 5 heteroatoms. The van der Waals surface area contributed by atoms with Gasteiger partial charge in [0.15, 0.2) is 5.82 Å². The summed E-state index contributed by atoms with van der Waals surface area (Å²) < 4.78 is 1.50. The van der Waals surface area contributed by atoms with Crippen molar-refractivity contribution in [2.75, 3.05) is 5.73 Å². The molecule has 0 fully saturated rings. The summed E-state index contributed by atoms with van der Waals surface area (Å²) in [5.74, 6) is 0.940. The molecule has 2 aromatic heterocycles. The standard InChI is InChI=1S/C15H13N5/c1-9-4-3-5-12-10(2)6-13(19-14(9)12)20-15(17)11(7-16)8-18-20/h3-6,8H,17H2,1-2H3. The molecule has 2 N–H and O–H groups in total. The number of benzene rings is 1. The zero-order valence-electron chi connectivity index (χ0n) is 11.3. The van der Waals surface area contributed by atoms with Crippen LogP contribution in [0.15, 0.2) is 30.5 Å². The van der Waals surface area contributed by atoms with E-state index in [2.05, 4.69) is 10.1 Å². The molecule has 0 aliphatic carbocycles. The first-order valence-corrected chi connectivity index (χ1v) is 6.22. The monoisotopic (exact) mass is 263 g/mol. The number of pyridine rings is 1. The van der Waals surface area contributed by atoms with Crippen LogP contribution in [-0.2, 0) is 0 Å². The molecular formula is C15H13N5. The lowest BCUT2D eigenvalue weighted by molar-refractivity contribution is 0.861. The number of aromatic nitrogens is 3. The summed E-state index contributed by atoms with van der Waals surface area (Å²) in [6.07, 6.45) is 1.45. The first-order valence-electron chi connectivity index (χ1n) is 6.22. The summed E-state index contributed by atoms with van der Waals surface area (Å²) in [6, 6.07) is 10.0. The van der Waals surface area contributed by atoms with Crippen molar-refractivity contribution in [1.82, 2.24) is 14.8 Å². The maximum Gasteiger partial charge on any atom is 0.156 e. The molecular weight excluding hydrogens is 250 g/mol. The van der Waals surface area contributed by atoms with Crippen LogP contribution in [0.1, 0.15) is 16.7 Å². The summed E-state index contributed by atoms with van der Waals surface area (Å²) in [7, 11) is 0. The van der Waals surface area contributed by atoms with Crippen molar-refractivity contribution in [3.05, 3.63) is 47.2 Å². The summed E-state index contributed by atoms with van der Waals surface area (Å²) in [6.45, 7) is 4.05. The van der Waals surface area contributed by atoms with Gasteiger partial charge in [-0.05, 0) is 31.0 Å². The minimum Gasteiger partial charge on any atom is -0.382 e. The zero-order chi connectivity index (χ0) is 14.3. The Morgan fingerprint density at radius 2 is 2.05 bits per heavy atom. The van der Waals surface area contributed by atoms with E-state index in [1.54, 1.807) is 0 Å². The Labute approximate surface area is 116 Å². The van der Waals surface area contributed by atoms with Crippen LogP contribution in [0, 0.1) is 25.2 Å². The Balaban J connectivity index is 2.30. The van der Waals surface area contributed by atoms with Gasteiger partial charge in [-0.3, -0.25) is 0 Å². The van der Waals surface area contributed by atoms with Gasteiger partial charge in [-0.15, -0.1) is 0 Å². The second kappa shape index (κ2) is 4.35. The second-order valence-electron chi connectivity index (χ2n) is 4.74. The number of nitrogens with two attached hydrogens (primary N) is 1. The fourth-order valence-corrected chi connectivity index (χ4v) is 2.28. The van der Waals surface area contributed by atoms with Crippen molar-refractivity contribution in [2.45, 2.75) is 13.8 Å². The number of nitrogen functional groups attached to an aromatic ring is 1. The third-order valence-electron chi connectivity index (χ3n) is 3.38. The Morgan fingerprint density at radius 1 is 1.25 bits per heavy atom. The molecule has 0 radical (unpaired) electrons. The third kappa shape index (κ3) is 1.70. The van der Waals surface area contributed by atoms with E-state index < -0.39 is 0 Å². The number of anilines is 1. The van der Waals surface area contributed by atoms with Gasteiger partial charge >= 0.3 is 0 Å². The van der Waals surface area contributed by atoms with E-state index in [0.29, 0.717) is 17.2 Å². The minimum absolute atomic E-state index is 0.312. The SMILES string of the molecule is Cc1cc(-n2ncc(C#N)c2N)nc2c(C)cccc12. The second-order valence-corrected chi connectivity index (χ2v) is 4.74. The molecule has 0 saturated carbocycles. The highest BCUT2D eigenvalue weighted by atomic mass is 15.3. The Hall–Kier alpha value is -2.87. The molecule has 0 aliphatic rings. The predicted octanol–water partition coefficient (Wildman–Crippen LogP) is 2.49. The van der Waals surface area contributed by atoms with Gasteiger partial charge in [0.1, 0.15) is 17.5 Å². The van der Waals surface area contributed by atoms with E-state index in [4.69, 9.17) is 11.0 Å². The highest BCUT2D eigenvalue weighted by Gasteiger charge is 2.12. The quantitative estimate of drug-likeness (QED) is 0.731. The molecule has 3 rings (SSSR count). The van der Waals surface area contributed by atoms with Crippen molar-refractivity contribution < 1.29 is 0 Å². The molecule has 0 aliphatic heterocycles. The maximum atomic E-state index is 8.95. The fourth-order valence-electron chi connectivity index (χ4n) is 2.28. The van der Waals surface area contributed by atoms with Crippen LogP contribution >= 0.6 is 0 Å². The van der Waals surface area contributed by atoms with Crippen LogP contribution in [0.25, 0.3) is 16.7 Å². The van der Waals surface area contributed by atoms with E-state index in [1.807, 2.05) is 44.2 Å². The van der Waals surface area contributed by atoms with E-state index in [-0.39, 0.29) is 0 Å². The van der Waals surface area contributed by atoms with Crippen molar-refractivity contribution in [3.8, 4) is 11.9 Å². The summed E-state index contributed by atoms with van der Waals surface area (Å²) in [4.78, 5) is 4.63. The topological polar surface area (TPSA) is 80.5 Å². The van der Waals surface area contributed by atoms with Gasteiger partial charge in [0.25, 0.3) is 0 Å². The zero-order valence-corrected chi connectivity index (χ0v) is 11.3. The number of hydrogen-bond acceptors (Lipinski definition) is 4. The average Bonchev–Trinajstić information content (AvgIpc) is 2.81. The van der Waals surface area contributed by atoms with Gasteiger partial charge < -0.3 is 5.73 Å². The Kier molecular flexibility index (Phi) is 2.65. The predicted molar refractivity (Wildman–Crippen MR) is 77.5 cm³/mol. The van der Waals surface area contributed by atoms with Crippen molar-refractivity contribution in [3.63, 3.8) is 0 Å². The number of hydrogen-bond donors (Lipinski definition) is 1.